The number of hydrogen-bond acceptors (Lipinski definition) is 6. The van der Waals surface area contributed by atoms with Crippen LogP contribution in [0.4, 0.5) is 4.79 Å². The van der Waals surface area contributed by atoms with E-state index in [1.807, 2.05) is 35.2 Å². The van der Waals surface area contributed by atoms with Crippen LogP contribution in [0.5, 0.6) is 0 Å². The van der Waals surface area contributed by atoms with Crippen molar-refractivity contribution in [3.05, 3.63) is 35.9 Å². The standard InChI is InChI=1S/C25H37N3O5/c1-32-19-21(7-12-26-14-11-25(9-10-25)22(29)17-26)28-16-15-27(13-8-23(28)30)24(31)33-18-20-5-3-2-4-6-20/h2-6,21-22,29H,7-19H2,1H3. The first-order chi connectivity index (χ1) is 16.0. The molecule has 3 fully saturated rings. The van der Waals surface area contributed by atoms with Crippen molar-refractivity contribution < 1.29 is 24.2 Å². The quantitative estimate of drug-likeness (QED) is 0.641. The average molecular weight is 460 g/mol. The van der Waals surface area contributed by atoms with E-state index in [0.29, 0.717) is 32.8 Å². The Kier molecular flexibility index (Phi) is 7.88. The van der Waals surface area contributed by atoms with Crippen LogP contribution in [-0.4, -0.2) is 96.9 Å². The highest BCUT2D eigenvalue weighted by molar-refractivity contribution is 5.78. The molecule has 8 nitrogen and oxygen atoms in total. The van der Waals surface area contributed by atoms with E-state index in [1.54, 1.807) is 12.0 Å². The number of carbonyl (C=O) groups is 2. The number of methoxy groups -OCH3 is 1. The molecule has 1 aromatic carbocycles. The molecule has 1 spiro atoms. The van der Waals surface area contributed by atoms with E-state index in [1.165, 1.54) is 0 Å². The van der Waals surface area contributed by atoms with Gasteiger partial charge in [-0.2, -0.15) is 0 Å². The van der Waals surface area contributed by atoms with Gasteiger partial charge in [0, 0.05) is 46.3 Å². The highest BCUT2D eigenvalue weighted by Gasteiger charge is 2.51. The zero-order chi connectivity index (χ0) is 23.3. The van der Waals surface area contributed by atoms with Crippen LogP contribution in [0, 0.1) is 5.41 Å². The SMILES string of the molecule is COCC(CCN1CCC2(CC2)C(O)C1)N1CCN(C(=O)OCc2ccccc2)CCC1=O. The van der Waals surface area contributed by atoms with E-state index < -0.39 is 0 Å². The molecule has 4 rings (SSSR count). The number of aliphatic hydroxyl groups excluding tert-OH is 1. The minimum atomic E-state index is -0.381. The van der Waals surface area contributed by atoms with Gasteiger partial charge in [-0.15, -0.1) is 0 Å². The Hall–Kier alpha value is -2.16. The number of likely N-dealkylation sites (tertiary alicyclic amines) is 1. The third kappa shape index (κ3) is 6.05. The Morgan fingerprint density at radius 2 is 1.94 bits per heavy atom. The van der Waals surface area contributed by atoms with Gasteiger partial charge in [0.1, 0.15) is 6.61 Å². The van der Waals surface area contributed by atoms with Gasteiger partial charge >= 0.3 is 6.09 Å². The third-order valence-electron chi connectivity index (χ3n) is 7.52. The van der Waals surface area contributed by atoms with Crippen LogP contribution in [-0.2, 0) is 20.9 Å². The van der Waals surface area contributed by atoms with Gasteiger partial charge in [0.25, 0.3) is 0 Å². The molecular formula is C25H37N3O5. The second kappa shape index (κ2) is 10.8. The molecule has 2 unspecified atom stereocenters. The fourth-order valence-corrected chi connectivity index (χ4v) is 5.10. The van der Waals surface area contributed by atoms with Crippen LogP contribution in [0.1, 0.15) is 37.7 Å². The number of aliphatic hydroxyl groups is 1. The maximum Gasteiger partial charge on any atom is 0.410 e. The van der Waals surface area contributed by atoms with Crippen molar-refractivity contribution in [1.29, 1.82) is 0 Å². The Bertz CT molecular complexity index is 800. The normalized spacial score (nSPS) is 23.9. The molecule has 8 heteroatoms. The smallest absolute Gasteiger partial charge is 0.410 e. The highest BCUT2D eigenvalue weighted by atomic mass is 16.6. The number of piperidine rings is 1. The summed E-state index contributed by atoms with van der Waals surface area (Å²) in [6.07, 6.45) is 3.83. The Balaban J connectivity index is 1.27. The first kappa shape index (κ1) is 24.0. The van der Waals surface area contributed by atoms with E-state index in [2.05, 4.69) is 4.90 Å². The van der Waals surface area contributed by atoms with Crippen LogP contribution in [0.3, 0.4) is 0 Å². The summed E-state index contributed by atoms with van der Waals surface area (Å²) >= 11 is 0. The molecular weight excluding hydrogens is 422 g/mol. The van der Waals surface area contributed by atoms with Crippen LogP contribution < -0.4 is 0 Å². The third-order valence-corrected chi connectivity index (χ3v) is 7.52. The van der Waals surface area contributed by atoms with E-state index in [4.69, 9.17) is 9.47 Å². The van der Waals surface area contributed by atoms with Crippen molar-refractivity contribution in [3.63, 3.8) is 0 Å². The van der Waals surface area contributed by atoms with Crippen molar-refractivity contribution >= 4 is 12.0 Å². The molecule has 2 atom stereocenters. The summed E-state index contributed by atoms with van der Waals surface area (Å²) in [6.45, 7) is 4.52. The molecule has 0 radical (unpaired) electrons. The fraction of sp³-hybridized carbons (Fsp3) is 0.680. The van der Waals surface area contributed by atoms with Gasteiger partial charge in [0.2, 0.25) is 5.91 Å². The number of benzene rings is 1. The summed E-state index contributed by atoms with van der Waals surface area (Å²) in [5.74, 6) is 0.0472. The van der Waals surface area contributed by atoms with Gasteiger partial charge in [-0.05, 0) is 43.2 Å². The molecule has 182 valence electrons. The summed E-state index contributed by atoms with van der Waals surface area (Å²) in [7, 11) is 1.66. The van der Waals surface area contributed by atoms with E-state index in [9.17, 15) is 14.7 Å². The topological polar surface area (TPSA) is 82.6 Å². The number of ether oxygens (including phenoxy) is 2. The second-order valence-electron chi connectivity index (χ2n) is 9.69. The monoisotopic (exact) mass is 459 g/mol. The van der Waals surface area contributed by atoms with Gasteiger partial charge in [-0.1, -0.05) is 30.3 Å². The molecule has 1 N–H and O–H groups in total. The Labute approximate surface area is 196 Å². The lowest BCUT2D eigenvalue weighted by molar-refractivity contribution is -0.134. The Morgan fingerprint density at radius 1 is 1.15 bits per heavy atom. The van der Waals surface area contributed by atoms with E-state index in [0.717, 1.165) is 44.3 Å². The first-order valence-corrected chi connectivity index (χ1v) is 12.2. The molecule has 2 aliphatic heterocycles. The molecule has 0 aromatic heterocycles. The zero-order valence-electron chi connectivity index (χ0n) is 19.7. The molecule has 2 heterocycles. The average Bonchev–Trinajstić information content (AvgIpc) is 3.63. The molecule has 1 saturated carbocycles. The van der Waals surface area contributed by atoms with Crippen LogP contribution in [0.25, 0.3) is 0 Å². The van der Waals surface area contributed by atoms with Gasteiger partial charge in [0.05, 0.1) is 18.8 Å². The molecule has 1 aromatic rings. The van der Waals surface area contributed by atoms with Gasteiger partial charge in [0.15, 0.2) is 0 Å². The lowest BCUT2D eigenvalue weighted by atomic mass is 9.90. The van der Waals surface area contributed by atoms with Crippen molar-refractivity contribution in [2.45, 2.75) is 50.9 Å². The lowest BCUT2D eigenvalue weighted by Gasteiger charge is -2.38. The van der Waals surface area contributed by atoms with Crippen molar-refractivity contribution in [3.8, 4) is 0 Å². The predicted octanol–water partition coefficient (Wildman–Crippen LogP) is 2.11. The first-order valence-electron chi connectivity index (χ1n) is 12.2. The summed E-state index contributed by atoms with van der Waals surface area (Å²) in [5.41, 5.74) is 1.14. The van der Waals surface area contributed by atoms with Crippen molar-refractivity contribution in [1.82, 2.24) is 14.7 Å². The van der Waals surface area contributed by atoms with Crippen molar-refractivity contribution in [2.24, 2.45) is 5.41 Å². The van der Waals surface area contributed by atoms with Crippen LogP contribution in [0.2, 0.25) is 0 Å². The number of β-amino-alcohol motifs (C(OH)–C–C–N with tert-alkyl or cyclic N) is 1. The number of hydrogen-bond donors (Lipinski definition) is 1. The maximum atomic E-state index is 12.9. The maximum absolute atomic E-state index is 12.9. The number of nitrogens with zero attached hydrogens (tertiary/aromatic N) is 3. The summed E-state index contributed by atoms with van der Waals surface area (Å²) in [5, 5.41) is 10.5. The number of carbonyl (C=O) groups excluding carboxylic acids is 2. The molecule has 33 heavy (non-hydrogen) atoms. The number of rotatable bonds is 8. The van der Waals surface area contributed by atoms with E-state index >= 15 is 0 Å². The van der Waals surface area contributed by atoms with Crippen molar-refractivity contribution in [2.75, 3.05) is 53.0 Å². The molecule has 2 saturated heterocycles. The highest BCUT2D eigenvalue weighted by Crippen LogP contribution is 2.53. The molecule has 1 aliphatic carbocycles. The predicted molar refractivity (Wildman–Crippen MR) is 124 cm³/mol. The number of amides is 2. The molecule has 2 amide bonds. The molecule has 0 bridgehead atoms. The van der Waals surface area contributed by atoms with Gasteiger partial charge in [-0.25, -0.2) is 4.79 Å². The second-order valence-corrected chi connectivity index (χ2v) is 9.69. The summed E-state index contributed by atoms with van der Waals surface area (Å²) in [4.78, 5) is 31.3. The lowest BCUT2D eigenvalue weighted by Crippen LogP contribution is -2.49. The Morgan fingerprint density at radius 3 is 2.64 bits per heavy atom. The zero-order valence-corrected chi connectivity index (χ0v) is 19.7. The molecule has 3 aliphatic rings. The van der Waals surface area contributed by atoms with E-state index in [-0.39, 0.29) is 42.6 Å². The minimum absolute atomic E-state index is 0.0447. The summed E-state index contributed by atoms with van der Waals surface area (Å²) in [6, 6.07) is 9.54. The minimum Gasteiger partial charge on any atom is -0.445 e. The van der Waals surface area contributed by atoms with Gasteiger partial charge < -0.3 is 29.3 Å². The summed E-state index contributed by atoms with van der Waals surface area (Å²) < 4.78 is 10.9. The largest absolute Gasteiger partial charge is 0.445 e. The van der Waals surface area contributed by atoms with Crippen LogP contribution >= 0.6 is 0 Å². The van der Waals surface area contributed by atoms with Gasteiger partial charge in [-0.3, -0.25) is 4.79 Å². The van der Waals surface area contributed by atoms with Crippen LogP contribution in [0.15, 0.2) is 30.3 Å². The fourth-order valence-electron chi connectivity index (χ4n) is 5.10.